The molecule has 134 valence electrons. The lowest BCUT2D eigenvalue weighted by molar-refractivity contribution is 0.358. The van der Waals surface area contributed by atoms with Crippen LogP contribution in [0.2, 0.25) is 0 Å². The molecule has 5 heteroatoms. The van der Waals surface area contributed by atoms with Crippen molar-refractivity contribution in [2.24, 2.45) is 4.99 Å². The Balaban J connectivity index is 0.00000312. The van der Waals surface area contributed by atoms with Crippen molar-refractivity contribution in [2.45, 2.75) is 20.0 Å². The van der Waals surface area contributed by atoms with Gasteiger partial charge in [-0.25, -0.2) is 0 Å². The Bertz CT molecular complexity index is 701. The van der Waals surface area contributed by atoms with Gasteiger partial charge in [0, 0.05) is 25.7 Å². The summed E-state index contributed by atoms with van der Waals surface area (Å²) in [7, 11) is 1.77. The molecule has 4 nitrogen and oxygen atoms in total. The number of benzene rings is 2. The minimum atomic E-state index is 0. The summed E-state index contributed by atoms with van der Waals surface area (Å²) in [6, 6.07) is 16.4. The predicted octanol–water partition coefficient (Wildman–Crippen LogP) is 4.04. The van der Waals surface area contributed by atoms with E-state index in [1.165, 1.54) is 11.1 Å². The summed E-state index contributed by atoms with van der Waals surface area (Å²) in [5.74, 6) is 1.62. The van der Waals surface area contributed by atoms with E-state index in [9.17, 15) is 0 Å². The number of guanidine groups is 1. The average molecular weight is 451 g/mol. The summed E-state index contributed by atoms with van der Waals surface area (Å²) in [6.07, 6.45) is 1.74. The fraction of sp³-hybridized carbons (Fsp3) is 0.250. The molecule has 0 spiro atoms. The first-order valence-corrected chi connectivity index (χ1v) is 8.04. The van der Waals surface area contributed by atoms with Gasteiger partial charge < -0.3 is 15.4 Å². The zero-order valence-corrected chi connectivity index (χ0v) is 17.1. The molecule has 0 aromatic heterocycles. The first-order valence-electron chi connectivity index (χ1n) is 8.04. The van der Waals surface area contributed by atoms with E-state index in [0.29, 0.717) is 13.2 Å². The summed E-state index contributed by atoms with van der Waals surface area (Å²) in [6.45, 7) is 7.65. The third-order valence-electron chi connectivity index (χ3n) is 3.54. The van der Waals surface area contributed by atoms with E-state index in [1.54, 1.807) is 13.1 Å². The number of nitrogens with one attached hydrogen (secondary N) is 2. The maximum absolute atomic E-state index is 5.68. The molecule has 0 aliphatic carbocycles. The van der Waals surface area contributed by atoms with Crippen LogP contribution in [0.1, 0.15) is 16.7 Å². The van der Waals surface area contributed by atoms with E-state index in [-0.39, 0.29) is 24.0 Å². The van der Waals surface area contributed by atoms with Crippen molar-refractivity contribution in [3.05, 3.63) is 77.9 Å². The van der Waals surface area contributed by atoms with Crippen LogP contribution < -0.4 is 15.4 Å². The van der Waals surface area contributed by atoms with Gasteiger partial charge in [0.05, 0.1) is 0 Å². The predicted molar refractivity (Wildman–Crippen MR) is 116 cm³/mol. The molecule has 2 aromatic rings. The molecule has 0 bridgehead atoms. The van der Waals surface area contributed by atoms with Crippen molar-refractivity contribution in [1.82, 2.24) is 10.6 Å². The summed E-state index contributed by atoms with van der Waals surface area (Å²) in [5.41, 5.74) is 3.57. The first-order chi connectivity index (χ1) is 11.7. The van der Waals surface area contributed by atoms with Crippen molar-refractivity contribution >= 4 is 29.9 Å². The number of aliphatic imine (C=N–C) groups is 1. The van der Waals surface area contributed by atoms with Crippen LogP contribution in [-0.4, -0.2) is 19.6 Å². The SMILES string of the molecule is C=CCOc1ccccc1CNC(=NC)NCc1cccc(C)c1.I. The van der Waals surface area contributed by atoms with Crippen LogP contribution in [0, 0.1) is 6.92 Å². The van der Waals surface area contributed by atoms with Gasteiger partial charge in [-0.05, 0) is 18.6 Å². The van der Waals surface area contributed by atoms with Gasteiger partial charge >= 0.3 is 0 Å². The average Bonchev–Trinajstić information content (AvgIpc) is 2.61. The molecule has 0 saturated carbocycles. The van der Waals surface area contributed by atoms with Gasteiger partial charge in [-0.15, -0.1) is 24.0 Å². The molecule has 2 aromatic carbocycles. The number of ether oxygens (including phenoxy) is 1. The summed E-state index contributed by atoms with van der Waals surface area (Å²) >= 11 is 0. The minimum absolute atomic E-state index is 0. The Morgan fingerprint density at radius 2 is 1.88 bits per heavy atom. The second-order valence-electron chi connectivity index (χ2n) is 5.48. The van der Waals surface area contributed by atoms with Crippen LogP contribution in [0.25, 0.3) is 0 Å². The number of hydrogen-bond acceptors (Lipinski definition) is 2. The maximum Gasteiger partial charge on any atom is 0.191 e. The van der Waals surface area contributed by atoms with Crippen molar-refractivity contribution < 1.29 is 4.74 Å². The van der Waals surface area contributed by atoms with E-state index >= 15 is 0 Å². The van der Waals surface area contributed by atoms with Gasteiger partial charge in [-0.3, -0.25) is 4.99 Å². The van der Waals surface area contributed by atoms with Gasteiger partial charge in [-0.2, -0.15) is 0 Å². The molecule has 0 radical (unpaired) electrons. The van der Waals surface area contributed by atoms with Crippen molar-refractivity contribution in [2.75, 3.05) is 13.7 Å². The summed E-state index contributed by atoms with van der Waals surface area (Å²) in [4.78, 5) is 4.27. The van der Waals surface area contributed by atoms with E-state index in [2.05, 4.69) is 53.4 Å². The molecule has 0 aliphatic rings. The Kier molecular flexibility index (Phi) is 9.69. The molecular formula is C20H26IN3O. The van der Waals surface area contributed by atoms with Crippen LogP contribution in [0.3, 0.4) is 0 Å². The second-order valence-corrected chi connectivity index (χ2v) is 5.48. The Labute approximate surface area is 167 Å². The van der Waals surface area contributed by atoms with Gasteiger partial charge in [0.2, 0.25) is 0 Å². The summed E-state index contributed by atoms with van der Waals surface area (Å²) < 4.78 is 5.68. The minimum Gasteiger partial charge on any atom is -0.489 e. The monoisotopic (exact) mass is 451 g/mol. The van der Waals surface area contributed by atoms with Gasteiger partial charge in [0.15, 0.2) is 5.96 Å². The van der Waals surface area contributed by atoms with Crippen molar-refractivity contribution in [3.8, 4) is 5.75 Å². The molecule has 0 heterocycles. The number of para-hydroxylation sites is 1. The van der Waals surface area contributed by atoms with E-state index in [1.807, 2.05) is 24.3 Å². The van der Waals surface area contributed by atoms with Gasteiger partial charge in [-0.1, -0.05) is 60.7 Å². The molecular weight excluding hydrogens is 425 g/mol. The molecule has 25 heavy (non-hydrogen) atoms. The lowest BCUT2D eigenvalue weighted by Gasteiger charge is -2.14. The molecule has 0 atom stereocenters. The summed E-state index contributed by atoms with van der Waals surface area (Å²) in [5, 5.41) is 6.65. The van der Waals surface area contributed by atoms with Crippen molar-refractivity contribution in [3.63, 3.8) is 0 Å². The molecule has 0 saturated heterocycles. The lowest BCUT2D eigenvalue weighted by atomic mass is 10.1. The molecule has 0 amide bonds. The number of hydrogen-bond donors (Lipinski definition) is 2. The highest BCUT2D eigenvalue weighted by molar-refractivity contribution is 14.0. The normalized spacial score (nSPS) is 10.6. The first kappa shape index (κ1) is 21.0. The van der Waals surface area contributed by atoms with E-state index < -0.39 is 0 Å². The quantitative estimate of drug-likeness (QED) is 0.289. The molecule has 2 rings (SSSR count). The number of rotatable bonds is 7. The third-order valence-corrected chi connectivity index (χ3v) is 3.54. The van der Waals surface area contributed by atoms with Crippen LogP contribution in [0.15, 0.2) is 66.2 Å². The fourth-order valence-corrected chi connectivity index (χ4v) is 2.35. The fourth-order valence-electron chi connectivity index (χ4n) is 2.35. The highest BCUT2D eigenvalue weighted by Gasteiger charge is 2.04. The van der Waals surface area contributed by atoms with Crippen molar-refractivity contribution in [1.29, 1.82) is 0 Å². The molecule has 0 unspecified atom stereocenters. The lowest BCUT2D eigenvalue weighted by Crippen LogP contribution is -2.36. The Hall–Kier alpha value is -2.02. The topological polar surface area (TPSA) is 45.6 Å². The van der Waals surface area contributed by atoms with Crippen LogP contribution in [-0.2, 0) is 13.1 Å². The zero-order chi connectivity index (χ0) is 17.2. The zero-order valence-electron chi connectivity index (χ0n) is 14.8. The smallest absolute Gasteiger partial charge is 0.191 e. The highest BCUT2D eigenvalue weighted by Crippen LogP contribution is 2.17. The van der Waals surface area contributed by atoms with Crippen LogP contribution in [0.4, 0.5) is 0 Å². The number of aryl methyl sites for hydroxylation is 1. The van der Waals surface area contributed by atoms with Gasteiger partial charge in [0.25, 0.3) is 0 Å². The van der Waals surface area contributed by atoms with E-state index in [4.69, 9.17) is 4.74 Å². The largest absolute Gasteiger partial charge is 0.489 e. The second kappa shape index (κ2) is 11.5. The molecule has 0 fully saturated rings. The van der Waals surface area contributed by atoms with Crippen LogP contribution in [0.5, 0.6) is 5.75 Å². The number of nitrogens with zero attached hydrogens (tertiary/aromatic N) is 1. The third kappa shape index (κ3) is 7.17. The Morgan fingerprint density at radius 1 is 1.12 bits per heavy atom. The highest BCUT2D eigenvalue weighted by atomic mass is 127. The molecule has 0 aliphatic heterocycles. The van der Waals surface area contributed by atoms with Gasteiger partial charge in [0.1, 0.15) is 12.4 Å². The Morgan fingerprint density at radius 3 is 2.60 bits per heavy atom. The number of halogens is 1. The van der Waals surface area contributed by atoms with Crippen LogP contribution >= 0.6 is 24.0 Å². The van der Waals surface area contributed by atoms with E-state index in [0.717, 1.165) is 23.8 Å². The molecule has 2 N–H and O–H groups in total. The maximum atomic E-state index is 5.68. The standard InChI is InChI=1S/C20H25N3O.HI/c1-4-12-24-19-11-6-5-10-18(19)15-23-20(21-3)22-14-17-9-7-8-16(2)13-17;/h4-11,13H,1,12,14-15H2,2-3H3,(H2,21,22,23);1H.